The number of anilines is 1. The van der Waals surface area contributed by atoms with Crippen molar-refractivity contribution in [3.8, 4) is 0 Å². The number of nitrogens with zero attached hydrogens (tertiary/aromatic N) is 1. The van der Waals surface area contributed by atoms with Crippen LogP contribution < -0.4 is 4.31 Å². The van der Waals surface area contributed by atoms with Gasteiger partial charge in [-0.05, 0) is 18.4 Å². The van der Waals surface area contributed by atoms with Crippen LogP contribution in [0.1, 0.15) is 6.92 Å². The minimum absolute atomic E-state index is 0.435. The average molecular weight is 234 g/mol. The molecule has 0 bridgehead atoms. The van der Waals surface area contributed by atoms with Crippen LogP contribution >= 0.6 is 0 Å². The molecule has 0 amide bonds. The summed E-state index contributed by atoms with van der Waals surface area (Å²) in [5.41, 5.74) is 0.730. The molecule has 0 aromatic heterocycles. The van der Waals surface area contributed by atoms with Gasteiger partial charge in [-0.1, -0.05) is 36.4 Å². The number of hydrogen-bond acceptors (Lipinski definition) is 2. The lowest BCUT2D eigenvalue weighted by Gasteiger charge is -2.26. The lowest BCUT2D eigenvalue weighted by atomic mass is 10.1. The number of hydrogen-bond donors (Lipinski definition) is 0. The average Bonchev–Trinajstić information content (AvgIpc) is 2.30. The first kappa shape index (κ1) is 11.1. The zero-order valence-corrected chi connectivity index (χ0v) is 9.74. The van der Waals surface area contributed by atoms with Crippen molar-refractivity contribution in [2.45, 2.75) is 6.92 Å². The lowest BCUT2D eigenvalue weighted by molar-refractivity contribution is 0.533. The third kappa shape index (κ3) is 1.94. The molecule has 0 spiro atoms. The summed E-state index contributed by atoms with van der Waals surface area (Å²) in [5, 5.41) is 2.00. The van der Waals surface area contributed by atoms with Crippen LogP contribution in [0.3, 0.4) is 0 Å². The first-order valence-corrected chi connectivity index (χ1v) is 6.12. The minimum Gasteiger partial charge on any atom is -0.755 e. The van der Waals surface area contributed by atoms with Gasteiger partial charge < -0.3 is 8.86 Å². The Morgan fingerprint density at radius 3 is 2.56 bits per heavy atom. The smallest absolute Gasteiger partial charge is 0.0560 e. The van der Waals surface area contributed by atoms with Crippen molar-refractivity contribution >= 4 is 27.7 Å². The van der Waals surface area contributed by atoms with Crippen LogP contribution in [0.5, 0.6) is 0 Å². The Morgan fingerprint density at radius 2 is 1.88 bits per heavy atom. The summed E-state index contributed by atoms with van der Waals surface area (Å²) in [6.45, 7) is 2.25. The largest absolute Gasteiger partial charge is 0.755 e. The van der Waals surface area contributed by atoms with Gasteiger partial charge in [0.1, 0.15) is 0 Å². The highest BCUT2D eigenvalue weighted by molar-refractivity contribution is 7.80. The SMILES string of the molecule is CCN(c1cccc2ccccc12)S(=O)[O-]. The van der Waals surface area contributed by atoms with E-state index >= 15 is 0 Å². The topological polar surface area (TPSA) is 43.4 Å². The fraction of sp³-hybridized carbons (Fsp3) is 0.167. The first-order valence-electron chi connectivity index (χ1n) is 5.08. The van der Waals surface area contributed by atoms with Gasteiger partial charge in [-0.3, -0.25) is 4.21 Å². The van der Waals surface area contributed by atoms with Crippen LogP contribution in [-0.4, -0.2) is 15.3 Å². The molecule has 0 heterocycles. The van der Waals surface area contributed by atoms with Crippen LogP contribution in [0.15, 0.2) is 42.5 Å². The van der Waals surface area contributed by atoms with Gasteiger partial charge in [-0.2, -0.15) is 0 Å². The van der Waals surface area contributed by atoms with Crippen molar-refractivity contribution in [2.75, 3.05) is 10.8 Å². The molecule has 16 heavy (non-hydrogen) atoms. The van der Waals surface area contributed by atoms with Crippen molar-refractivity contribution in [2.24, 2.45) is 0 Å². The summed E-state index contributed by atoms with van der Waals surface area (Å²) in [6, 6.07) is 13.4. The molecule has 1 unspecified atom stereocenters. The van der Waals surface area contributed by atoms with E-state index in [1.807, 2.05) is 49.4 Å². The Balaban J connectivity index is 2.63. The maximum atomic E-state index is 11.1. The van der Waals surface area contributed by atoms with E-state index in [9.17, 15) is 8.76 Å². The third-order valence-electron chi connectivity index (χ3n) is 2.50. The third-order valence-corrected chi connectivity index (χ3v) is 3.32. The molecule has 0 aliphatic heterocycles. The molecule has 0 fully saturated rings. The second-order valence-corrected chi connectivity index (χ2v) is 4.29. The Hall–Kier alpha value is -1.39. The summed E-state index contributed by atoms with van der Waals surface area (Å²) in [7, 11) is 0. The molecule has 2 rings (SSSR count). The highest BCUT2D eigenvalue weighted by Gasteiger charge is 2.07. The van der Waals surface area contributed by atoms with Crippen molar-refractivity contribution in [1.29, 1.82) is 0 Å². The Kier molecular flexibility index (Phi) is 3.22. The molecule has 0 radical (unpaired) electrons. The van der Waals surface area contributed by atoms with Crippen molar-refractivity contribution < 1.29 is 8.76 Å². The molecule has 84 valence electrons. The molecular weight excluding hydrogens is 222 g/mol. The number of benzene rings is 2. The Morgan fingerprint density at radius 1 is 1.19 bits per heavy atom. The summed E-state index contributed by atoms with van der Waals surface area (Å²) in [4.78, 5) is 0. The standard InChI is InChI=1S/C12H13NO2S/c1-2-13(16(14)15)12-9-5-7-10-6-3-4-8-11(10)12/h3-9H,2H2,1H3,(H,14,15)/p-1. The van der Waals surface area contributed by atoms with Crippen LogP contribution in [0.4, 0.5) is 5.69 Å². The summed E-state index contributed by atoms with van der Waals surface area (Å²) < 4.78 is 23.6. The lowest BCUT2D eigenvalue weighted by Crippen LogP contribution is -2.24. The highest BCUT2D eigenvalue weighted by atomic mass is 32.2. The monoisotopic (exact) mass is 234 g/mol. The molecule has 0 N–H and O–H groups in total. The highest BCUT2D eigenvalue weighted by Crippen LogP contribution is 2.26. The van der Waals surface area contributed by atoms with E-state index in [0.29, 0.717) is 6.54 Å². The maximum Gasteiger partial charge on any atom is 0.0560 e. The van der Waals surface area contributed by atoms with Crippen molar-refractivity contribution in [1.82, 2.24) is 0 Å². The predicted octanol–water partition coefficient (Wildman–Crippen LogP) is 2.46. The first-order chi connectivity index (χ1) is 7.74. The zero-order valence-electron chi connectivity index (χ0n) is 8.92. The van der Waals surface area contributed by atoms with Gasteiger partial charge in [0.05, 0.1) is 5.69 Å². The van der Waals surface area contributed by atoms with Crippen molar-refractivity contribution in [3.05, 3.63) is 42.5 Å². The van der Waals surface area contributed by atoms with Gasteiger partial charge >= 0.3 is 0 Å². The van der Waals surface area contributed by atoms with Crippen LogP contribution in [0.2, 0.25) is 0 Å². The van der Waals surface area contributed by atoms with Gasteiger partial charge in [0, 0.05) is 23.2 Å². The number of rotatable bonds is 3. The zero-order chi connectivity index (χ0) is 11.5. The fourth-order valence-corrected chi connectivity index (χ4v) is 2.31. The van der Waals surface area contributed by atoms with E-state index in [1.54, 1.807) is 0 Å². The Labute approximate surface area is 97.1 Å². The van der Waals surface area contributed by atoms with Crippen LogP contribution in [-0.2, 0) is 11.3 Å². The summed E-state index contributed by atoms with van der Waals surface area (Å²) in [5.74, 6) is 0. The molecule has 2 aromatic carbocycles. The van der Waals surface area contributed by atoms with Gasteiger partial charge in [0.15, 0.2) is 0 Å². The van der Waals surface area contributed by atoms with Gasteiger partial charge in [-0.15, -0.1) is 0 Å². The normalized spacial score (nSPS) is 12.6. The van der Waals surface area contributed by atoms with E-state index in [1.165, 1.54) is 4.31 Å². The molecule has 3 nitrogen and oxygen atoms in total. The summed E-state index contributed by atoms with van der Waals surface area (Å²) >= 11 is -2.23. The van der Waals surface area contributed by atoms with Crippen molar-refractivity contribution in [3.63, 3.8) is 0 Å². The van der Waals surface area contributed by atoms with Gasteiger partial charge in [-0.25, -0.2) is 0 Å². The molecule has 0 saturated carbocycles. The van der Waals surface area contributed by atoms with E-state index in [0.717, 1.165) is 16.5 Å². The van der Waals surface area contributed by atoms with Gasteiger partial charge in [0.25, 0.3) is 0 Å². The molecule has 2 aromatic rings. The summed E-state index contributed by atoms with van der Waals surface area (Å²) in [6.07, 6.45) is 0. The molecule has 4 heteroatoms. The molecular formula is C12H12NO2S-. The second kappa shape index (κ2) is 4.63. The minimum atomic E-state index is -2.23. The number of fused-ring (bicyclic) bond motifs is 1. The van der Waals surface area contributed by atoms with E-state index in [2.05, 4.69) is 0 Å². The quantitative estimate of drug-likeness (QED) is 0.766. The van der Waals surface area contributed by atoms with E-state index in [-0.39, 0.29) is 0 Å². The van der Waals surface area contributed by atoms with E-state index in [4.69, 9.17) is 0 Å². The second-order valence-electron chi connectivity index (χ2n) is 3.41. The van der Waals surface area contributed by atoms with Crippen LogP contribution in [0, 0.1) is 0 Å². The molecule has 0 aliphatic carbocycles. The maximum absolute atomic E-state index is 11.1. The molecule has 1 atom stereocenters. The Bertz CT molecular complexity index is 522. The van der Waals surface area contributed by atoms with Crippen LogP contribution in [0.25, 0.3) is 10.8 Å². The molecule has 0 aliphatic rings. The van der Waals surface area contributed by atoms with E-state index < -0.39 is 11.3 Å². The fourth-order valence-electron chi connectivity index (χ4n) is 1.78. The molecule has 0 saturated heterocycles. The predicted molar refractivity (Wildman–Crippen MR) is 65.9 cm³/mol. The van der Waals surface area contributed by atoms with Gasteiger partial charge in [0.2, 0.25) is 0 Å².